The smallest absolute Gasteiger partial charge is 0.151 e. The zero-order valence-corrected chi connectivity index (χ0v) is 12.3. The Morgan fingerprint density at radius 1 is 0.950 bits per heavy atom. The summed E-state index contributed by atoms with van der Waals surface area (Å²) in [6.07, 6.45) is 0. The lowest BCUT2D eigenvalue weighted by Crippen LogP contribution is -2.22. The molecule has 0 saturated heterocycles. The minimum absolute atomic E-state index is 0.00577. The van der Waals surface area contributed by atoms with Crippen molar-refractivity contribution in [3.05, 3.63) is 60.2 Å². The van der Waals surface area contributed by atoms with Crippen molar-refractivity contribution in [3.63, 3.8) is 0 Å². The van der Waals surface area contributed by atoms with E-state index in [2.05, 4.69) is 0 Å². The average Bonchev–Trinajstić information content (AvgIpc) is 2.48. The highest BCUT2D eigenvalue weighted by atomic mass is 32.2. The van der Waals surface area contributed by atoms with Crippen LogP contribution in [-0.4, -0.2) is 19.9 Å². The molecule has 2 rings (SSSR count). The standard InChI is InChI=1S/C16H19NO2S/c1-2-20(18,19)12-16(17)15-10-8-14(9-11-15)13-6-4-3-5-7-13/h3-11,16H,2,12,17H2,1H3/t16-/m1/s1. The van der Waals surface area contributed by atoms with E-state index in [0.717, 1.165) is 16.7 Å². The van der Waals surface area contributed by atoms with Gasteiger partial charge in [0.25, 0.3) is 0 Å². The van der Waals surface area contributed by atoms with Gasteiger partial charge in [0.2, 0.25) is 0 Å². The third kappa shape index (κ3) is 3.68. The molecule has 20 heavy (non-hydrogen) atoms. The van der Waals surface area contributed by atoms with Crippen LogP contribution < -0.4 is 5.73 Å². The molecule has 0 radical (unpaired) electrons. The highest BCUT2D eigenvalue weighted by Gasteiger charge is 2.15. The molecule has 1 atom stereocenters. The fourth-order valence-corrected chi connectivity index (χ4v) is 3.02. The summed E-state index contributed by atoms with van der Waals surface area (Å²) in [7, 11) is -3.05. The van der Waals surface area contributed by atoms with Crippen LogP contribution in [0.1, 0.15) is 18.5 Å². The van der Waals surface area contributed by atoms with Gasteiger partial charge in [-0.15, -0.1) is 0 Å². The molecule has 2 aromatic carbocycles. The van der Waals surface area contributed by atoms with E-state index in [1.807, 2.05) is 54.6 Å². The Balaban J connectivity index is 2.16. The third-order valence-corrected chi connectivity index (χ3v) is 5.07. The number of hydrogen-bond acceptors (Lipinski definition) is 3. The number of nitrogens with two attached hydrogens (primary N) is 1. The van der Waals surface area contributed by atoms with Gasteiger partial charge in [-0.3, -0.25) is 0 Å². The predicted octanol–water partition coefficient (Wildman–Crippen LogP) is 2.79. The summed E-state index contributed by atoms with van der Waals surface area (Å²) >= 11 is 0. The largest absolute Gasteiger partial charge is 0.323 e. The van der Waals surface area contributed by atoms with Crippen molar-refractivity contribution in [3.8, 4) is 11.1 Å². The second-order valence-electron chi connectivity index (χ2n) is 4.79. The van der Waals surface area contributed by atoms with E-state index < -0.39 is 15.9 Å². The fourth-order valence-electron chi connectivity index (χ4n) is 2.04. The maximum atomic E-state index is 11.6. The van der Waals surface area contributed by atoms with Gasteiger partial charge in [-0.05, 0) is 16.7 Å². The van der Waals surface area contributed by atoms with Crippen molar-refractivity contribution in [2.45, 2.75) is 13.0 Å². The van der Waals surface area contributed by atoms with Crippen molar-refractivity contribution in [2.24, 2.45) is 5.73 Å². The molecule has 0 spiro atoms. The summed E-state index contributed by atoms with van der Waals surface area (Å²) in [5.74, 6) is 0.122. The topological polar surface area (TPSA) is 60.2 Å². The van der Waals surface area contributed by atoms with Crippen LogP contribution in [0.15, 0.2) is 54.6 Å². The van der Waals surface area contributed by atoms with Crippen LogP contribution in [0.25, 0.3) is 11.1 Å². The molecule has 0 unspecified atom stereocenters. The van der Waals surface area contributed by atoms with Crippen LogP contribution in [0.4, 0.5) is 0 Å². The van der Waals surface area contributed by atoms with Gasteiger partial charge in [-0.1, -0.05) is 61.5 Å². The predicted molar refractivity (Wildman–Crippen MR) is 83.1 cm³/mol. The van der Waals surface area contributed by atoms with Crippen LogP contribution >= 0.6 is 0 Å². The number of benzene rings is 2. The normalized spacial score (nSPS) is 13.1. The SMILES string of the molecule is CCS(=O)(=O)C[C@@H](N)c1ccc(-c2ccccc2)cc1. The van der Waals surface area contributed by atoms with E-state index in [1.54, 1.807) is 6.92 Å². The summed E-state index contributed by atoms with van der Waals surface area (Å²) in [4.78, 5) is 0. The quantitative estimate of drug-likeness (QED) is 0.920. The van der Waals surface area contributed by atoms with E-state index in [4.69, 9.17) is 5.73 Å². The molecule has 106 valence electrons. The van der Waals surface area contributed by atoms with E-state index >= 15 is 0 Å². The number of rotatable bonds is 5. The van der Waals surface area contributed by atoms with Crippen LogP contribution in [0, 0.1) is 0 Å². The number of hydrogen-bond donors (Lipinski definition) is 1. The molecular weight excluding hydrogens is 270 g/mol. The summed E-state index contributed by atoms with van der Waals surface area (Å²) in [5, 5.41) is 0. The lowest BCUT2D eigenvalue weighted by Gasteiger charge is -2.12. The lowest BCUT2D eigenvalue weighted by atomic mass is 10.0. The first-order valence-electron chi connectivity index (χ1n) is 6.63. The van der Waals surface area contributed by atoms with Gasteiger partial charge in [0, 0.05) is 11.8 Å². The van der Waals surface area contributed by atoms with Gasteiger partial charge in [-0.2, -0.15) is 0 Å². The van der Waals surface area contributed by atoms with E-state index in [-0.39, 0.29) is 11.5 Å². The first-order chi connectivity index (χ1) is 9.52. The Kier molecular flexibility index (Phi) is 4.57. The Bertz CT molecular complexity index is 649. The maximum absolute atomic E-state index is 11.6. The van der Waals surface area contributed by atoms with Gasteiger partial charge in [0.05, 0.1) is 5.75 Å². The molecule has 3 nitrogen and oxygen atoms in total. The highest BCUT2D eigenvalue weighted by molar-refractivity contribution is 7.91. The molecule has 0 fully saturated rings. The Hall–Kier alpha value is -1.65. The van der Waals surface area contributed by atoms with Gasteiger partial charge in [0.1, 0.15) is 0 Å². The fraction of sp³-hybridized carbons (Fsp3) is 0.250. The zero-order chi connectivity index (χ0) is 14.6. The monoisotopic (exact) mass is 289 g/mol. The Morgan fingerprint density at radius 2 is 1.50 bits per heavy atom. The average molecular weight is 289 g/mol. The lowest BCUT2D eigenvalue weighted by molar-refractivity contribution is 0.590. The van der Waals surface area contributed by atoms with Crippen molar-refractivity contribution in [2.75, 3.05) is 11.5 Å². The summed E-state index contributed by atoms with van der Waals surface area (Å²) in [6.45, 7) is 1.64. The third-order valence-electron chi connectivity index (χ3n) is 3.32. The van der Waals surface area contributed by atoms with Crippen molar-refractivity contribution < 1.29 is 8.42 Å². The number of sulfone groups is 1. The van der Waals surface area contributed by atoms with E-state index in [0.29, 0.717) is 0 Å². The van der Waals surface area contributed by atoms with Crippen LogP contribution in [0.3, 0.4) is 0 Å². The van der Waals surface area contributed by atoms with Crippen molar-refractivity contribution in [1.82, 2.24) is 0 Å². The van der Waals surface area contributed by atoms with Gasteiger partial charge in [-0.25, -0.2) is 8.42 Å². The van der Waals surface area contributed by atoms with Crippen LogP contribution in [-0.2, 0) is 9.84 Å². The summed E-state index contributed by atoms with van der Waals surface area (Å²) < 4.78 is 23.2. The molecule has 0 bridgehead atoms. The van der Waals surface area contributed by atoms with E-state index in [1.165, 1.54) is 0 Å². The Labute approximate surface area is 120 Å². The maximum Gasteiger partial charge on any atom is 0.151 e. The van der Waals surface area contributed by atoms with Crippen molar-refractivity contribution in [1.29, 1.82) is 0 Å². The molecule has 0 aliphatic carbocycles. The van der Waals surface area contributed by atoms with Crippen molar-refractivity contribution >= 4 is 9.84 Å². The second-order valence-corrected chi connectivity index (χ2v) is 7.19. The molecule has 0 heterocycles. The highest BCUT2D eigenvalue weighted by Crippen LogP contribution is 2.21. The van der Waals surface area contributed by atoms with E-state index in [9.17, 15) is 8.42 Å². The van der Waals surface area contributed by atoms with Crippen LogP contribution in [0.2, 0.25) is 0 Å². The second kappa shape index (κ2) is 6.20. The molecule has 0 amide bonds. The summed E-state index contributed by atoms with van der Waals surface area (Å²) in [6, 6.07) is 17.3. The molecule has 0 aromatic heterocycles. The minimum Gasteiger partial charge on any atom is -0.323 e. The first kappa shape index (κ1) is 14.8. The van der Waals surface area contributed by atoms with Gasteiger partial charge < -0.3 is 5.73 Å². The molecule has 2 N–H and O–H groups in total. The van der Waals surface area contributed by atoms with Gasteiger partial charge in [0.15, 0.2) is 9.84 Å². The Morgan fingerprint density at radius 3 is 2.05 bits per heavy atom. The molecule has 2 aromatic rings. The first-order valence-corrected chi connectivity index (χ1v) is 8.45. The van der Waals surface area contributed by atoms with Crippen LogP contribution in [0.5, 0.6) is 0 Å². The molecule has 0 saturated carbocycles. The van der Waals surface area contributed by atoms with Gasteiger partial charge >= 0.3 is 0 Å². The molecular formula is C16H19NO2S. The molecule has 4 heteroatoms. The molecule has 0 aliphatic heterocycles. The zero-order valence-electron chi connectivity index (χ0n) is 11.5. The molecule has 0 aliphatic rings. The summed E-state index contributed by atoms with van der Waals surface area (Å²) in [5.41, 5.74) is 9.05. The minimum atomic E-state index is -3.05.